The van der Waals surface area contributed by atoms with Crippen LogP contribution in [0.15, 0.2) is 77.4 Å². The Bertz CT molecular complexity index is 2070. The first-order valence-corrected chi connectivity index (χ1v) is 14.3. The summed E-state index contributed by atoms with van der Waals surface area (Å²) in [6.07, 6.45) is 2.45. The minimum absolute atomic E-state index is 0.00397. The van der Waals surface area contributed by atoms with E-state index < -0.39 is 23.4 Å². The van der Waals surface area contributed by atoms with E-state index in [1.54, 1.807) is 30.3 Å². The van der Waals surface area contributed by atoms with Crippen molar-refractivity contribution in [2.75, 3.05) is 13.7 Å². The second-order valence-electron chi connectivity index (χ2n) is 10.7. The summed E-state index contributed by atoms with van der Waals surface area (Å²) >= 11 is 0. The molecule has 1 aliphatic rings. The average Bonchev–Trinajstić information content (AvgIpc) is 3.65. The largest absolute Gasteiger partial charge is 0.471 e. The molecule has 8 nitrogen and oxygen atoms in total. The van der Waals surface area contributed by atoms with Gasteiger partial charge >= 0.3 is 5.97 Å². The van der Waals surface area contributed by atoms with Gasteiger partial charge in [-0.3, -0.25) is 0 Å². The van der Waals surface area contributed by atoms with Gasteiger partial charge in [-0.1, -0.05) is 12.1 Å². The molecule has 0 N–H and O–H groups in total. The maximum absolute atomic E-state index is 15.6. The Hall–Kier alpha value is -5.16. The van der Waals surface area contributed by atoms with Crippen LogP contribution < -0.4 is 4.74 Å². The summed E-state index contributed by atoms with van der Waals surface area (Å²) in [7, 11) is 1.32. The molecule has 0 amide bonds. The normalized spacial score (nSPS) is 14.5. The molecular formula is C34H26F3N3O5. The van der Waals surface area contributed by atoms with Crippen molar-refractivity contribution in [2.24, 2.45) is 0 Å². The number of aromatic nitrogens is 3. The molecule has 4 heterocycles. The van der Waals surface area contributed by atoms with Gasteiger partial charge in [-0.25, -0.2) is 27.9 Å². The maximum atomic E-state index is 15.6. The number of hydrogen-bond acceptors (Lipinski definition) is 7. The first-order chi connectivity index (χ1) is 21.9. The predicted molar refractivity (Wildman–Crippen MR) is 158 cm³/mol. The van der Waals surface area contributed by atoms with Gasteiger partial charge in [-0.15, -0.1) is 0 Å². The number of benzene rings is 3. The highest BCUT2D eigenvalue weighted by Gasteiger charge is 2.23. The molecule has 1 aliphatic heterocycles. The van der Waals surface area contributed by atoms with Crippen molar-refractivity contribution < 1.29 is 36.6 Å². The molecule has 11 heteroatoms. The molecule has 3 aromatic carbocycles. The van der Waals surface area contributed by atoms with Crippen molar-refractivity contribution >= 4 is 28.0 Å². The number of furan rings is 1. The number of methoxy groups -OCH3 is 1. The molecule has 45 heavy (non-hydrogen) atoms. The smallest absolute Gasteiger partial charge is 0.337 e. The van der Waals surface area contributed by atoms with E-state index in [4.69, 9.17) is 23.6 Å². The molecule has 0 unspecified atom stereocenters. The second kappa shape index (κ2) is 11.7. The van der Waals surface area contributed by atoms with E-state index in [0.29, 0.717) is 63.4 Å². The summed E-state index contributed by atoms with van der Waals surface area (Å²) in [4.78, 5) is 21.2. The van der Waals surface area contributed by atoms with Crippen molar-refractivity contribution in [1.29, 1.82) is 0 Å². The van der Waals surface area contributed by atoms with Crippen molar-refractivity contribution in [1.82, 2.24) is 14.5 Å². The first-order valence-electron chi connectivity index (χ1n) is 14.3. The lowest BCUT2D eigenvalue weighted by molar-refractivity contribution is -0.0589. The van der Waals surface area contributed by atoms with Crippen molar-refractivity contribution in [3.05, 3.63) is 113 Å². The van der Waals surface area contributed by atoms with E-state index in [-0.39, 0.29) is 25.0 Å². The topological polar surface area (TPSA) is 88.6 Å². The minimum atomic E-state index is -0.696. The molecule has 0 saturated carbocycles. The Morgan fingerprint density at radius 1 is 0.956 bits per heavy atom. The van der Waals surface area contributed by atoms with Crippen LogP contribution in [0.2, 0.25) is 0 Å². The summed E-state index contributed by atoms with van der Waals surface area (Å²) in [5.41, 5.74) is 3.76. The highest BCUT2D eigenvalue weighted by atomic mass is 19.1. The maximum Gasteiger partial charge on any atom is 0.337 e. The van der Waals surface area contributed by atoms with E-state index in [0.717, 1.165) is 11.9 Å². The second-order valence-corrected chi connectivity index (χ2v) is 10.7. The van der Waals surface area contributed by atoms with Crippen LogP contribution in [-0.4, -0.2) is 40.3 Å². The van der Waals surface area contributed by atoms with Crippen molar-refractivity contribution in [2.45, 2.75) is 32.1 Å². The van der Waals surface area contributed by atoms with Crippen LogP contribution in [0, 0.1) is 17.5 Å². The number of pyridine rings is 1. The van der Waals surface area contributed by atoms with Gasteiger partial charge in [0, 0.05) is 24.2 Å². The fourth-order valence-corrected chi connectivity index (χ4v) is 5.44. The van der Waals surface area contributed by atoms with E-state index in [1.807, 2.05) is 4.57 Å². The molecule has 0 spiro atoms. The fraction of sp³-hybridized carbons (Fsp3) is 0.206. The Morgan fingerprint density at radius 2 is 1.78 bits per heavy atom. The number of ether oxygens (including phenoxy) is 3. The lowest BCUT2D eigenvalue weighted by atomic mass is 10.0. The molecule has 1 saturated heterocycles. The standard InChI is InChI=1S/C34H26F3N3O5/c1-42-34(41)21-5-8-29-30(15-21)40(17-23-10-12-43-23)31(38-29)16-19-2-3-20(14-27(19)37)28-9-7-26(36)33(39-28)45-18-22-4-6-25(35)24-11-13-44-32(22)24/h2-9,11,13-15,23H,10,12,16-18H2,1H3/t23-/m0/s1. The number of carbonyl (C=O) groups is 1. The monoisotopic (exact) mass is 613 g/mol. The van der Waals surface area contributed by atoms with Crippen molar-refractivity contribution in [3.63, 3.8) is 0 Å². The van der Waals surface area contributed by atoms with Crippen LogP contribution in [0.1, 0.15) is 33.7 Å². The molecule has 0 radical (unpaired) electrons. The molecule has 7 rings (SSSR count). The SMILES string of the molecule is COC(=O)c1ccc2nc(Cc3ccc(-c4ccc(F)c(OCc5ccc(F)c6ccoc56)n4)cc3F)n(C[C@@H]3CCO3)c2c1. The number of fused-ring (bicyclic) bond motifs is 2. The van der Waals surface area contributed by atoms with Gasteiger partial charge in [0.2, 0.25) is 0 Å². The number of imidazole rings is 1. The van der Waals surface area contributed by atoms with E-state index in [2.05, 4.69) is 4.98 Å². The average molecular weight is 614 g/mol. The minimum Gasteiger partial charge on any atom is -0.471 e. The zero-order valence-corrected chi connectivity index (χ0v) is 24.1. The number of halogens is 3. The van der Waals surface area contributed by atoms with Gasteiger partial charge < -0.3 is 23.2 Å². The van der Waals surface area contributed by atoms with Gasteiger partial charge in [0.05, 0.1) is 53.7 Å². The lowest BCUT2D eigenvalue weighted by Crippen LogP contribution is -2.31. The molecule has 0 aliphatic carbocycles. The summed E-state index contributed by atoms with van der Waals surface area (Å²) in [6.45, 7) is 1.08. The lowest BCUT2D eigenvalue weighted by Gasteiger charge is -2.27. The zero-order chi connectivity index (χ0) is 31.1. The number of rotatable bonds is 9. The molecule has 1 fully saturated rings. The van der Waals surface area contributed by atoms with Gasteiger partial charge in [0.25, 0.3) is 5.88 Å². The third-order valence-corrected chi connectivity index (χ3v) is 7.95. The highest BCUT2D eigenvalue weighted by molar-refractivity contribution is 5.93. The number of esters is 1. The van der Waals surface area contributed by atoms with Crippen LogP contribution >= 0.6 is 0 Å². The third kappa shape index (κ3) is 5.51. The van der Waals surface area contributed by atoms with Gasteiger partial charge in [-0.05, 0) is 66.6 Å². The first kappa shape index (κ1) is 28.6. The summed E-state index contributed by atoms with van der Waals surface area (Å²) < 4.78 is 67.7. The third-order valence-electron chi connectivity index (χ3n) is 7.95. The molecule has 1 atom stereocenters. The highest BCUT2D eigenvalue weighted by Crippen LogP contribution is 2.29. The fourth-order valence-electron chi connectivity index (χ4n) is 5.44. The van der Waals surface area contributed by atoms with Gasteiger partial charge in [-0.2, -0.15) is 0 Å². The number of carbonyl (C=O) groups excluding carboxylic acids is 1. The van der Waals surface area contributed by atoms with Gasteiger partial charge in [0.1, 0.15) is 29.6 Å². The molecule has 6 aromatic rings. The van der Waals surface area contributed by atoms with E-state index in [1.165, 1.54) is 49.8 Å². The molecule has 0 bridgehead atoms. The summed E-state index contributed by atoms with van der Waals surface area (Å²) in [5, 5.41) is 0.298. The Balaban J connectivity index is 1.14. The van der Waals surface area contributed by atoms with E-state index >= 15 is 4.39 Å². The Labute approximate surface area is 255 Å². The molecule has 228 valence electrons. The van der Waals surface area contributed by atoms with Crippen LogP contribution in [0.3, 0.4) is 0 Å². The zero-order valence-electron chi connectivity index (χ0n) is 24.1. The van der Waals surface area contributed by atoms with Crippen LogP contribution in [0.25, 0.3) is 33.3 Å². The quantitative estimate of drug-likeness (QED) is 0.162. The van der Waals surface area contributed by atoms with Crippen LogP contribution in [-0.2, 0) is 29.0 Å². The van der Waals surface area contributed by atoms with E-state index in [9.17, 15) is 13.6 Å². The predicted octanol–water partition coefficient (Wildman–Crippen LogP) is 7.01. The summed E-state index contributed by atoms with van der Waals surface area (Å²) in [6, 6.07) is 16.7. The Morgan fingerprint density at radius 3 is 2.56 bits per heavy atom. The van der Waals surface area contributed by atoms with Gasteiger partial charge in [0.15, 0.2) is 5.82 Å². The Kier molecular flexibility index (Phi) is 7.46. The number of nitrogens with zero attached hydrogens (tertiary/aromatic N) is 3. The molecular weight excluding hydrogens is 587 g/mol. The van der Waals surface area contributed by atoms with Crippen molar-refractivity contribution in [3.8, 4) is 17.1 Å². The summed E-state index contributed by atoms with van der Waals surface area (Å²) in [5.74, 6) is -1.73. The number of hydrogen-bond donors (Lipinski definition) is 0. The molecule has 3 aromatic heterocycles. The van der Waals surface area contributed by atoms with Crippen LogP contribution in [0.5, 0.6) is 5.88 Å². The van der Waals surface area contributed by atoms with Crippen LogP contribution in [0.4, 0.5) is 13.2 Å².